The van der Waals surface area contributed by atoms with Gasteiger partial charge in [-0.3, -0.25) is 4.79 Å². The number of rotatable bonds is 9. The van der Waals surface area contributed by atoms with Crippen LogP contribution in [0.25, 0.3) is 6.08 Å². The fraction of sp³-hybridized carbons (Fsp3) is 0.148. The minimum absolute atomic E-state index is 0.130. The van der Waals surface area contributed by atoms with Crippen LogP contribution in [0.4, 0.5) is 5.69 Å². The van der Waals surface area contributed by atoms with Gasteiger partial charge in [0.05, 0.1) is 19.3 Å². The number of amides is 1. The minimum Gasteiger partial charge on any atom is -0.497 e. The van der Waals surface area contributed by atoms with Gasteiger partial charge in [-0.25, -0.2) is 4.79 Å². The highest BCUT2D eigenvalue weighted by molar-refractivity contribution is 6.35. The third kappa shape index (κ3) is 7.01. The van der Waals surface area contributed by atoms with Crippen molar-refractivity contribution in [1.82, 2.24) is 0 Å². The summed E-state index contributed by atoms with van der Waals surface area (Å²) in [6.45, 7) is 2.11. The summed E-state index contributed by atoms with van der Waals surface area (Å²) < 4.78 is 16.2. The van der Waals surface area contributed by atoms with Crippen molar-refractivity contribution in [3.63, 3.8) is 0 Å². The molecule has 3 aromatic rings. The molecule has 0 bridgehead atoms. The molecule has 0 spiro atoms. The highest BCUT2D eigenvalue weighted by atomic mass is 35.5. The van der Waals surface area contributed by atoms with Gasteiger partial charge >= 0.3 is 5.97 Å². The lowest BCUT2D eigenvalue weighted by Crippen LogP contribution is -2.14. The second-order valence-corrected chi connectivity index (χ2v) is 8.19. The van der Waals surface area contributed by atoms with E-state index in [-0.39, 0.29) is 18.8 Å². The van der Waals surface area contributed by atoms with Crippen LogP contribution in [0.15, 0.2) is 66.2 Å². The van der Waals surface area contributed by atoms with Crippen molar-refractivity contribution in [3.8, 4) is 17.6 Å². The Labute approximate surface area is 218 Å². The van der Waals surface area contributed by atoms with Crippen molar-refractivity contribution in [2.75, 3.05) is 19.0 Å². The van der Waals surface area contributed by atoms with Crippen LogP contribution in [-0.2, 0) is 16.1 Å². The first-order valence-corrected chi connectivity index (χ1v) is 11.5. The maximum atomic E-state index is 12.8. The molecule has 0 radical (unpaired) electrons. The van der Waals surface area contributed by atoms with Crippen LogP contribution in [0.2, 0.25) is 10.0 Å². The first-order valence-electron chi connectivity index (χ1n) is 10.8. The second-order valence-electron chi connectivity index (χ2n) is 7.35. The second kappa shape index (κ2) is 12.6. The minimum atomic E-state index is -0.621. The number of halogens is 2. The molecule has 0 saturated heterocycles. The molecule has 0 saturated carbocycles. The first-order chi connectivity index (χ1) is 17.3. The lowest BCUT2D eigenvalue weighted by Gasteiger charge is -2.13. The summed E-state index contributed by atoms with van der Waals surface area (Å²) in [6, 6.07) is 18.2. The van der Waals surface area contributed by atoms with E-state index in [9.17, 15) is 14.9 Å². The van der Waals surface area contributed by atoms with Crippen LogP contribution in [0, 0.1) is 11.3 Å². The number of nitrogens with one attached hydrogen (secondary N) is 1. The number of ether oxygens (including phenoxy) is 3. The maximum absolute atomic E-state index is 12.8. The lowest BCUT2D eigenvalue weighted by molar-refractivity contribution is -0.112. The molecule has 0 heterocycles. The smallest absolute Gasteiger partial charge is 0.338 e. The number of methoxy groups -OCH3 is 1. The molecule has 36 heavy (non-hydrogen) atoms. The Morgan fingerprint density at radius 1 is 1.06 bits per heavy atom. The number of carbonyl (C=O) groups is 2. The molecule has 184 valence electrons. The number of esters is 1. The molecule has 3 aromatic carbocycles. The van der Waals surface area contributed by atoms with Gasteiger partial charge in [-0.1, -0.05) is 29.3 Å². The van der Waals surface area contributed by atoms with Crippen molar-refractivity contribution < 1.29 is 23.8 Å². The van der Waals surface area contributed by atoms with E-state index in [1.165, 1.54) is 25.3 Å². The van der Waals surface area contributed by atoms with E-state index in [0.29, 0.717) is 43.9 Å². The molecular weight excluding hydrogens is 503 g/mol. The zero-order valence-corrected chi connectivity index (χ0v) is 21.0. The van der Waals surface area contributed by atoms with Gasteiger partial charge in [0.15, 0.2) is 0 Å². The van der Waals surface area contributed by atoms with Gasteiger partial charge in [-0.05, 0) is 61.5 Å². The lowest BCUT2D eigenvalue weighted by atomic mass is 10.1. The van der Waals surface area contributed by atoms with E-state index in [0.717, 1.165) is 0 Å². The Hall–Kier alpha value is -3.99. The third-order valence-corrected chi connectivity index (χ3v) is 5.52. The van der Waals surface area contributed by atoms with E-state index in [2.05, 4.69) is 5.32 Å². The van der Waals surface area contributed by atoms with E-state index in [1.54, 1.807) is 55.5 Å². The molecule has 7 nitrogen and oxygen atoms in total. The summed E-state index contributed by atoms with van der Waals surface area (Å²) in [7, 11) is 1.52. The van der Waals surface area contributed by atoms with Crippen LogP contribution in [0.3, 0.4) is 0 Å². The molecular formula is C27H22Cl2N2O5. The topological polar surface area (TPSA) is 97.7 Å². The highest BCUT2D eigenvalue weighted by Crippen LogP contribution is 2.29. The predicted octanol–water partition coefficient (Wildman–Crippen LogP) is 6.30. The van der Waals surface area contributed by atoms with Crippen molar-refractivity contribution in [2.24, 2.45) is 0 Å². The number of benzene rings is 3. The third-order valence-electron chi connectivity index (χ3n) is 4.94. The number of anilines is 1. The Bertz CT molecular complexity index is 1330. The monoisotopic (exact) mass is 524 g/mol. The van der Waals surface area contributed by atoms with Crippen LogP contribution < -0.4 is 14.8 Å². The number of nitriles is 1. The molecule has 1 amide bonds. The quantitative estimate of drug-likeness (QED) is 0.200. The van der Waals surface area contributed by atoms with Crippen LogP contribution >= 0.6 is 23.2 Å². The van der Waals surface area contributed by atoms with Gasteiger partial charge in [-0.2, -0.15) is 5.26 Å². The van der Waals surface area contributed by atoms with Crippen LogP contribution in [0.5, 0.6) is 11.5 Å². The Balaban J connectivity index is 1.81. The summed E-state index contributed by atoms with van der Waals surface area (Å²) in [4.78, 5) is 24.6. The largest absolute Gasteiger partial charge is 0.497 e. The first kappa shape index (κ1) is 26.6. The van der Waals surface area contributed by atoms with E-state index in [1.807, 2.05) is 6.07 Å². The van der Waals surface area contributed by atoms with Crippen molar-refractivity contribution >= 4 is 46.8 Å². The highest BCUT2D eigenvalue weighted by Gasteiger charge is 2.14. The summed E-state index contributed by atoms with van der Waals surface area (Å²) in [5.74, 6) is -0.155. The standard InChI is InChI=1S/C27H22Cl2N2O5/c1-3-35-27(33)17-5-9-22(10-6-17)31-26(32)20(15-30)12-18-7-11-23(34-2)14-25(18)36-16-19-4-8-21(28)13-24(19)29/h4-14H,3,16H2,1-2H3,(H,31,32)/b20-12+. The Kier molecular flexibility index (Phi) is 9.34. The number of nitrogens with zero attached hydrogens (tertiary/aromatic N) is 1. The average molecular weight is 525 g/mol. The maximum Gasteiger partial charge on any atom is 0.338 e. The summed E-state index contributed by atoms with van der Waals surface area (Å²) in [5.41, 5.74) is 1.82. The Morgan fingerprint density at radius 3 is 2.44 bits per heavy atom. The molecule has 0 aliphatic carbocycles. The molecule has 0 aliphatic heterocycles. The van der Waals surface area contributed by atoms with E-state index in [4.69, 9.17) is 37.4 Å². The fourth-order valence-electron chi connectivity index (χ4n) is 3.09. The van der Waals surface area contributed by atoms with E-state index >= 15 is 0 Å². The molecule has 0 atom stereocenters. The van der Waals surface area contributed by atoms with Crippen molar-refractivity contribution in [1.29, 1.82) is 5.26 Å². The molecule has 0 unspecified atom stereocenters. The normalized spacial score (nSPS) is 10.8. The van der Waals surface area contributed by atoms with Crippen molar-refractivity contribution in [2.45, 2.75) is 13.5 Å². The molecule has 0 aromatic heterocycles. The number of hydrogen-bond acceptors (Lipinski definition) is 6. The average Bonchev–Trinajstić information content (AvgIpc) is 2.87. The number of carbonyl (C=O) groups excluding carboxylic acids is 2. The zero-order chi connectivity index (χ0) is 26.1. The summed E-state index contributed by atoms with van der Waals surface area (Å²) in [5, 5.41) is 13.2. The van der Waals surface area contributed by atoms with E-state index < -0.39 is 11.9 Å². The SMILES string of the molecule is CCOC(=O)c1ccc(NC(=O)/C(C#N)=C/c2ccc(OC)cc2OCc2ccc(Cl)cc2Cl)cc1. The molecule has 1 N–H and O–H groups in total. The molecule has 0 fully saturated rings. The Morgan fingerprint density at radius 2 is 1.81 bits per heavy atom. The molecule has 9 heteroatoms. The van der Waals surface area contributed by atoms with Gasteiger partial charge < -0.3 is 19.5 Å². The predicted molar refractivity (Wildman–Crippen MR) is 138 cm³/mol. The van der Waals surface area contributed by atoms with Crippen LogP contribution in [0.1, 0.15) is 28.4 Å². The number of hydrogen-bond donors (Lipinski definition) is 1. The molecule has 3 rings (SSSR count). The van der Waals surface area contributed by atoms with Gasteiger partial charge in [-0.15, -0.1) is 0 Å². The summed E-state index contributed by atoms with van der Waals surface area (Å²) in [6.07, 6.45) is 1.42. The van der Waals surface area contributed by atoms with Gasteiger partial charge in [0.2, 0.25) is 0 Å². The zero-order valence-electron chi connectivity index (χ0n) is 19.5. The van der Waals surface area contributed by atoms with Crippen molar-refractivity contribution in [3.05, 3.63) is 93.0 Å². The molecule has 0 aliphatic rings. The van der Waals surface area contributed by atoms with Gasteiger partial charge in [0, 0.05) is 32.9 Å². The fourth-order valence-corrected chi connectivity index (χ4v) is 3.55. The summed E-state index contributed by atoms with van der Waals surface area (Å²) >= 11 is 12.2. The van der Waals surface area contributed by atoms with Crippen LogP contribution in [-0.4, -0.2) is 25.6 Å². The van der Waals surface area contributed by atoms with Gasteiger partial charge in [0.1, 0.15) is 29.7 Å². The van der Waals surface area contributed by atoms with Gasteiger partial charge in [0.25, 0.3) is 5.91 Å².